The predicted octanol–water partition coefficient (Wildman–Crippen LogP) is 0.551. The van der Waals surface area contributed by atoms with E-state index >= 15 is 0 Å². The van der Waals surface area contributed by atoms with Gasteiger partial charge in [-0.2, -0.15) is 0 Å². The van der Waals surface area contributed by atoms with Crippen LogP contribution in [-0.4, -0.2) is 58.9 Å². The van der Waals surface area contributed by atoms with E-state index in [1.165, 1.54) is 5.56 Å². The molecule has 0 unspecified atom stereocenters. The number of benzene rings is 1. The van der Waals surface area contributed by atoms with Gasteiger partial charge in [0.05, 0.1) is 18.2 Å². The number of rotatable bonds is 6. The lowest BCUT2D eigenvalue weighted by Gasteiger charge is -2.39. The highest BCUT2D eigenvalue weighted by Crippen LogP contribution is 2.19. The van der Waals surface area contributed by atoms with Gasteiger partial charge in [-0.15, -0.1) is 0 Å². The molecule has 3 N–H and O–H groups in total. The first-order valence-corrected chi connectivity index (χ1v) is 8.03. The van der Waals surface area contributed by atoms with Crippen molar-refractivity contribution in [3.05, 3.63) is 35.9 Å². The summed E-state index contributed by atoms with van der Waals surface area (Å²) in [4.78, 5) is 14.1. The van der Waals surface area contributed by atoms with Crippen LogP contribution in [0.3, 0.4) is 0 Å². The second kappa shape index (κ2) is 8.27. The molecule has 1 amide bonds. The highest BCUT2D eigenvalue weighted by Gasteiger charge is 2.36. The molecule has 0 bridgehead atoms. The Morgan fingerprint density at radius 2 is 2.00 bits per heavy atom. The van der Waals surface area contributed by atoms with Crippen LogP contribution < -0.4 is 5.32 Å². The van der Waals surface area contributed by atoms with E-state index in [1.807, 2.05) is 30.0 Å². The first-order chi connectivity index (χ1) is 10.6. The minimum atomic E-state index is -0.821. The maximum atomic E-state index is 12.1. The largest absolute Gasteiger partial charge is 0.390 e. The molecule has 5 nitrogen and oxygen atoms in total. The van der Waals surface area contributed by atoms with Gasteiger partial charge in [0.25, 0.3) is 0 Å². The summed E-state index contributed by atoms with van der Waals surface area (Å²) in [6.07, 6.45) is 0.555. The van der Waals surface area contributed by atoms with Gasteiger partial charge in [-0.3, -0.25) is 9.69 Å². The third-order valence-electron chi connectivity index (χ3n) is 4.18. The van der Waals surface area contributed by atoms with Crippen molar-refractivity contribution in [3.63, 3.8) is 0 Å². The van der Waals surface area contributed by atoms with Crippen molar-refractivity contribution < 1.29 is 15.0 Å². The van der Waals surface area contributed by atoms with Gasteiger partial charge in [0.1, 0.15) is 0 Å². The van der Waals surface area contributed by atoms with Crippen LogP contribution in [0.2, 0.25) is 0 Å². The lowest BCUT2D eigenvalue weighted by Crippen LogP contribution is -2.57. The van der Waals surface area contributed by atoms with Crippen molar-refractivity contribution in [3.8, 4) is 0 Å². The highest BCUT2D eigenvalue weighted by atomic mass is 16.3. The summed E-state index contributed by atoms with van der Waals surface area (Å²) in [6, 6.07) is 9.87. The van der Waals surface area contributed by atoms with Crippen LogP contribution in [0.4, 0.5) is 0 Å². The molecule has 1 aromatic carbocycles. The topological polar surface area (TPSA) is 72.8 Å². The Hall–Kier alpha value is -1.43. The quantitative estimate of drug-likeness (QED) is 0.718. The van der Waals surface area contributed by atoms with E-state index in [9.17, 15) is 15.0 Å². The Balaban J connectivity index is 1.91. The summed E-state index contributed by atoms with van der Waals surface area (Å²) in [5.41, 5.74) is 1.27. The monoisotopic (exact) mass is 306 g/mol. The summed E-state index contributed by atoms with van der Waals surface area (Å²) in [5.74, 6) is -0.0619. The number of hydrogen-bond donors (Lipinski definition) is 3. The van der Waals surface area contributed by atoms with Crippen LogP contribution in [0.5, 0.6) is 0 Å². The van der Waals surface area contributed by atoms with Crippen molar-refractivity contribution in [2.75, 3.05) is 19.6 Å². The van der Waals surface area contributed by atoms with Crippen molar-refractivity contribution >= 4 is 5.91 Å². The number of aliphatic hydroxyl groups excluding tert-OH is 2. The molecule has 1 aromatic rings. The molecule has 122 valence electrons. The zero-order valence-corrected chi connectivity index (χ0v) is 13.1. The molecule has 0 saturated carbocycles. The summed E-state index contributed by atoms with van der Waals surface area (Å²) in [6.45, 7) is 3.54. The third kappa shape index (κ3) is 4.53. The molecule has 0 aromatic heterocycles. The second-order valence-electron chi connectivity index (χ2n) is 5.86. The number of β-amino-alcohol motifs (C(OH)–C–C–N with tert-alkyl or cyclic N) is 1. The molecule has 1 aliphatic rings. The average Bonchev–Trinajstić information content (AvgIpc) is 2.51. The fourth-order valence-electron chi connectivity index (χ4n) is 2.97. The average molecular weight is 306 g/mol. The van der Waals surface area contributed by atoms with Gasteiger partial charge in [0.15, 0.2) is 0 Å². The second-order valence-corrected chi connectivity index (χ2v) is 5.86. The minimum absolute atomic E-state index is 0.0619. The summed E-state index contributed by atoms with van der Waals surface area (Å²) in [5, 5.41) is 22.5. The normalized spacial score (nSPS) is 25.9. The summed E-state index contributed by atoms with van der Waals surface area (Å²) < 4.78 is 0. The van der Waals surface area contributed by atoms with Crippen LogP contribution in [0.1, 0.15) is 25.3 Å². The molecule has 0 radical (unpaired) electrons. The number of aliphatic hydroxyl groups is 2. The number of carbonyl (C=O) groups excluding carboxylic acids is 1. The molecule has 0 aliphatic carbocycles. The number of aryl methyl sites for hydroxylation is 1. The van der Waals surface area contributed by atoms with Gasteiger partial charge in [-0.05, 0) is 31.9 Å². The van der Waals surface area contributed by atoms with Crippen LogP contribution in [0.15, 0.2) is 30.3 Å². The molecule has 3 atom stereocenters. The Bertz CT molecular complexity index is 466. The maximum Gasteiger partial charge on any atom is 0.237 e. The van der Waals surface area contributed by atoms with E-state index in [2.05, 4.69) is 17.4 Å². The molecule has 1 saturated heterocycles. The number of nitrogens with zero attached hydrogens (tertiary/aromatic N) is 1. The fraction of sp³-hybridized carbons (Fsp3) is 0.588. The number of amides is 1. The standard InChI is InChI=1S/C17H26N2O3/c1-2-18-17(22)14-11-15(20)16(21)12-19(14)10-6-9-13-7-4-3-5-8-13/h3-5,7-8,14-16,20-21H,2,6,9-12H2,1H3,(H,18,22)/t14-,15+,16+/m0/s1. The number of nitrogens with one attached hydrogen (secondary N) is 1. The molecule has 1 heterocycles. The first-order valence-electron chi connectivity index (χ1n) is 8.03. The van der Waals surface area contributed by atoms with Crippen molar-refractivity contribution in [2.24, 2.45) is 0 Å². The van der Waals surface area contributed by atoms with E-state index in [-0.39, 0.29) is 11.9 Å². The van der Waals surface area contributed by atoms with Crippen LogP contribution in [0, 0.1) is 0 Å². The van der Waals surface area contributed by atoms with Crippen molar-refractivity contribution in [1.82, 2.24) is 10.2 Å². The first kappa shape index (κ1) is 16.9. The Morgan fingerprint density at radius 3 is 2.68 bits per heavy atom. The smallest absolute Gasteiger partial charge is 0.237 e. The molecular weight excluding hydrogens is 280 g/mol. The van der Waals surface area contributed by atoms with Crippen molar-refractivity contribution in [1.29, 1.82) is 0 Å². The maximum absolute atomic E-state index is 12.1. The molecule has 22 heavy (non-hydrogen) atoms. The Kier molecular flexibility index (Phi) is 6.36. The zero-order chi connectivity index (χ0) is 15.9. The van der Waals surface area contributed by atoms with E-state index in [0.29, 0.717) is 19.5 Å². The lowest BCUT2D eigenvalue weighted by atomic mass is 9.96. The number of carbonyl (C=O) groups is 1. The molecular formula is C17H26N2O3. The molecule has 1 fully saturated rings. The number of likely N-dealkylation sites (tertiary alicyclic amines) is 1. The van der Waals surface area contributed by atoms with E-state index < -0.39 is 12.2 Å². The summed E-state index contributed by atoms with van der Waals surface area (Å²) >= 11 is 0. The molecule has 0 spiro atoms. The SMILES string of the molecule is CCNC(=O)[C@@H]1C[C@@H](O)[C@H](O)CN1CCCc1ccccc1. The number of likely N-dealkylation sites (N-methyl/N-ethyl adjacent to an activating group) is 1. The van der Waals surface area contributed by atoms with Gasteiger partial charge in [0, 0.05) is 19.5 Å². The Morgan fingerprint density at radius 1 is 1.27 bits per heavy atom. The van der Waals surface area contributed by atoms with Crippen molar-refractivity contribution in [2.45, 2.75) is 44.4 Å². The predicted molar refractivity (Wildman–Crippen MR) is 85.4 cm³/mol. The van der Waals surface area contributed by atoms with E-state index in [1.54, 1.807) is 0 Å². The summed E-state index contributed by atoms with van der Waals surface area (Å²) in [7, 11) is 0. The van der Waals surface area contributed by atoms with Crippen LogP contribution in [-0.2, 0) is 11.2 Å². The molecule has 1 aliphatic heterocycles. The third-order valence-corrected chi connectivity index (χ3v) is 4.18. The van der Waals surface area contributed by atoms with E-state index in [4.69, 9.17) is 0 Å². The van der Waals surface area contributed by atoms with Crippen LogP contribution >= 0.6 is 0 Å². The highest BCUT2D eigenvalue weighted by molar-refractivity contribution is 5.81. The fourth-order valence-corrected chi connectivity index (χ4v) is 2.97. The van der Waals surface area contributed by atoms with E-state index in [0.717, 1.165) is 19.4 Å². The van der Waals surface area contributed by atoms with Gasteiger partial charge in [-0.25, -0.2) is 0 Å². The lowest BCUT2D eigenvalue weighted by molar-refractivity contribution is -0.134. The zero-order valence-electron chi connectivity index (χ0n) is 13.1. The molecule has 5 heteroatoms. The number of hydrogen-bond acceptors (Lipinski definition) is 4. The minimum Gasteiger partial charge on any atom is -0.390 e. The van der Waals surface area contributed by atoms with Gasteiger partial charge in [-0.1, -0.05) is 30.3 Å². The molecule has 2 rings (SSSR count). The van der Waals surface area contributed by atoms with Gasteiger partial charge in [0.2, 0.25) is 5.91 Å². The van der Waals surface area contributed by atoms with Gasteiger partial charge < -0.3 is 15.5 Å². The van der Waals surface area contributed by atoms with Crippen LogP contribution in [0.25, 0.3) is 0 Å². The van der Waals surface area contributed by atoms with Gasteiger partial charge >= 0.3 is 0 Å². The number of piperidine rings is 1. The Labute approximate surface area is 131 Å².